The fourth-order valence-electron chi connectivity index (χ4n) is 0.971. The quantitative estimate of drug-likeness (QED) is 0.812. The van der Waals surface area contributed by atoms with Crippen LogP contribution in [0.25, 0.3) is 11.6 Å². The number of hydrogen-bond acceptors (Lipinski definition) is 5. The lowest BCUT2D eigenvalue weighted by atomic mass is 10.3. The van der Waals surface area contributed by atoms with Crippen LogP contribution < -0.4 is 0 Å². The summed E-state index contributed by atoms with van der Waals surface area (Å²) in [5.41, 5.74) is 0.987. The van der Waals surface area contributed by atoms with Gasteiger partial charge in [0, 0.05) is 5.33 Å². The normalized spacial score (nSPS) is 11.0. The van der Waals surface area contributed by atoms with Crippen molar-refractivity contribution in [1.82, 2.24) is 20.4 Å². The zero-order valence-electron chi connectivity index (χ0n) is 7.77. The second-order valence-electron chi connectivity index (χ2n) is 2.79. The molecule has 0 saturated heterocycles. The minimum absolute atomic E-state index is 0.0658. The minimum Gasteiger partial charge on any atom is -0.413 e. The summed E-state index contributed by atoms with van der Waals surface area (Å²) < 4.78 is 29.1. The molecule has 0 bridgehead atoms. The second kappa shape index (κ2) is 4.60. The number of aromatic nitrogens is 4. The maximum absolute atomic E-state index is 12.2. The van der Waals surface area contributed by atoms with Crippen LogP contribution in [-0.4, -0.2) is 20.4 Å². The van der Waals surface area contributed by atoms with E-state index in [4.69, 9.17) is 4.42 Å². The van der Waals surface area contributed by atoms with Crippen LogP contribution in [-0.2, 0) is 5.33 Å². The van der Waals surface area contributed by atoms with Gasteiger partial charge >= 0.3 is 6.43 Å². The summed E-state index contributed by atoms with van der Waals surface area (Å²) in [6, 6.07) is 3.26. The highest BCUT2D eigenvalue weighted by atomic mass is 79.9. The third-order valence-corrected chi connectivity index (χ3v) is 2.28. The third-order valence-electron chi connectivity index (χ3n) is 1.70. The first-order chi connectivity index (χ1) is 7.70. The number of halogens is 3. The van der Waals surface area contributed by atoms with Crippen molar-refractivity contribution in [1.29, 1.82) is 0 Å². The van der Waals surface area contributed by atoms with Crippen LogP contribution in [0.2, 0.25) is 0 Å². The van der Waals surface area contributed by atoms with Crippen LogP contribution in [0.4, 0.5) is 8.78 Å². The van der Waals surface area contributed by atoms with Gasteiger partial charge in [-0.05, 0) is 12.1 Å². The van der Waals surface area contributed by atoms with Gasteiger partial charge in [-0.1, -0.05) is 15.9 Å². The van der Waals surface area contributed by atoms with E-state index in [1.54, 1.807) is 12.1 Å². The van der Waals surface area contributed by atoms with Gasteiger partial charge in [-0.3, -0.25) is 0 Å². The highest BCUT2D eigenvalue weighted by molar-refractivity contribution is 9.08. The molecule has 2 rings (SSSR count). The Labute approximate surface area is 97.0 Å². The number of rotatable bonds is 3. The first-order valence-electron chi connectivity index (χ1n) is 4.21. The summed E-state index contributed by atoms with van der Waals surface area (Å²) in [5.74, 6) is -0.787. The lowest BCUT2D eigenvalue weighted by Gasteiger charge is -1.94. The maximum atomic E-state index is 12.2. The predicted molar refractivity (Wildman–Crippen MR) is 52.9 cm³/mol. The Morgan fingerprint density at radius 1 is 1.19 bits per heavy atom. The van der Waals surface area contributed by atoms with E-state index in [1.807, 2.05) is 0 Å². The van der Waals surface area contributed by atoms with Gasteiger partial charge in [0.05, 0.1) is 5.69 Å². The fourth-order valence-corrected chi connectivity index (χ4v) is 1.27. The topological polar surface area (TPSA) is 64.7 Å². The van der Waals surface area contributed by atoms with Crippen LogP contribution in [0, 0.1) is 0 Å². The molecule has 0 aromatic carbocycles. The average Bonchev–Trinajstić information content (AvgIpc) is 2.78. The van der Waals surface area contributed by atoms with E-state index in [9.17, 15) is 8.78 Å². The van der Waals surface area contributed by atoms with Gasteiger partial charge in [0.2, 0.25) is 0 Å². The minimum atomic E-state index is -2.78. The van der Waals surface area contributed by atoms with Gasteiger partial charge in [-0.2, -0.15) is 13.9 Å². The molecular formula is C8H5BrF2N4O. The van der Waals surface area contributed by atoms with Crippen LogP contribution in [0.5, 0.6) is 0 Å². The van der Waals surface area contributed by atoms with E-state index in [0.29, 0.717) is 5.33 Å². The largest absolute Gasteiger partial charge is 0.413 e. The Morgan fingerprint density at radius 2 is 2.00 bits per heavy atom. The van der Waals surface area contributed by atoms with Crippen LogP contribution in [0.3, 0.4) is 0 Å². The molecule has 0 atom stereocenters. The molecule has 0 aliphatic heterocycles. The Morgan fingerprint density at radius 3 is 2.50 bits per heavy atom. The standard InChI is InChI=1S/C8H5BrF2N4O/c9-3-4-1-2-5(13-12-4)7-14-15-8(16-7)6(10)11/h1-2,6H,3H2. The van der Waals surface area contributed by atoms with Crippen molar-refractivity contribution >= 4 is 15.9 Å². The van der Waals surface area contributed by atoms with E-state index in [1.165, 1.54) is 0 Å². The Kier molecular flexibility index (Phi) is 3.18. The molecule has 2 heterocycles. The van der Waals surface area contributed by atoms with Crippen molar-refractivity contribution in [3.63, 3.8) is 0 Å². The van der Waals surface area contributed by atoms with Crippen molar-refractivity contribution in [2.75, 3.05) is 0 Å². The molecule has 0 spiro atoms. The van der Waals surface area contributed by atoms with Crippen molar-refractivity contribution in [2.45, 2.75) is 11.8 Å². The average molecular weight is 291 g/mol. The van der Waals surface area contributed by atoms with Gasteiger partial charge in [0.25, 0.3) is 11.8 Å². The van der Waals surface area contributed by atoms with E-state index in [2.05, 4.69) is 36.3 Å². The molecular weight excluding hydrogens is 286 g/mol. The highest BCUT2D eigenvalue weighted by Crippen LogP contribution is 2.21. The SMILES string of the molecule is FC(F)c1nnc(-c2ccc(CBr)nn2)o1. The molecule has 16 heavy (non-hydrogen) atoms. The lowest BCUT2D eigenvalue weighted by Crippen LogP contribution is -1.91. The number of alkyl halides is 3. The molecule has 0 aliphatic rings. The summed E-state index contributed by atoms with van der Waals surface area (Å²) in [6.45, 7) is 0. The molecule has 0 radical (unpaired) electrons. The van der Waals surface area contributed by atoms with E-state index < -0.39 is 12.3 Å². The molecule has 8 heteroatoms. The van der Waals surface area contributed by atoms with Crippen molar-refractivity contribution < 1.29 is 13.2 Å². The summed E-state index contributed by atoms with van der Waals surface area (Å²) in [7, 11) is 0. The first-order valence-corrected chi connectivity index (χ1v) is 5.33. The Balaban J connectivity index is 2.28. The molecule has 2 aromatic rings. The van der Waals surface area contributed by atoms with Gasteiger partial charge in [0.15, 0.2) is 0 Å². The zero-order chi connectivity index (χ0) is 11.5. The van der Waals surface area contributed by atoms with Gasteiger partial charge in [0.1, 0.15) is 5.69 Å². The van der Waals surface area contributed by atoms with Gasteiger partial charge in [-0.15, -0.1) is 15.3 Å². The molecule has 0 aliphatic carbocycles. The van der Waals surface area contributed by atoms with E-state index in [0.717, 1.165) is 5.69 Å². The molecule has 0 unspecified atom stereocenters. The van der Waals surface area contributed by atoms with Crippen molar-refractivity contribution in [2.24, 2.45) is 0 Å². The first kappa shape index (κ1) is 11.1. The summed E-state index contributed by atoms with van der Waals surface area (Å²) in [5, 5.41) is 14.8. The summed E-state index contributed by atoms with van der Waals surface area (Å²) in [4.78, 5) is 0. The monoisotopic (exact) mass is 290 g/mol. The second-order valence-corrected chi connectivity index (χ2v) is 3.35. The summed E-state index contributed by atoms with van der Waals surface area (Å²) >= 11 is 3.21. The Bertz CT molecular complexity index is 473. The molecule has 0 N–H and O–H groups in total. The van der Waals surface area contributed by atoms with E-state index in [-0.39, 0.29) is 11.6 Å². The van der Waals surface area contributed by atoms with Crippen molar-refractivity contribution in [3.8, 4) is 11.6 Å². The molecule has 0 saturated carbocycles. The zero-order valence-corrected chi connectivity index (χ0v) is 9.36. The maximum Gasteiger partial charge on any atom is 0.314 e. The van der Waals surface area contributed by atoms with Gasteiger partial charge in [-0.25, -0.2) is 0 Å². The van der Waals surface area contributed by atoms with Crippen LogP contribution in [0.15, 0.2) is 16.5 Å². The molecule has 0 amide bonds. The van der Waals surface area contributed by atoms with Crippen LogP contribution in [0.1, 0.15) is 18.0 Å². The molecule has 5 nitrogen and oxygen atoms in total. The molecule has 0 fully saturated rings. The fraction of sp³-hybridized carbons (Fsp3) is 0.250. The third kappa shape index (κ3) is 2.21. The number of nitrogens with zero attached hydrogens (tertiary/aromatic N) is 4. The van der Waals surface area contributed by atoms with E-state index >= 15 is 0 Å². The molecule has 84 valence electrons. The van der Waals surface area contributed by atoms with Crippen LogP contribution >= 0.6 is 15.9 Å². The van der Waals surface area contributed by atoms with Crippen molar-refractivity contribution in [3.05, 3.63) is 23.7 Å². The predicted octanol–water partition coefficient (Wildman–Crippen LogP) is 2.36. The molecule has 2 aromatic heterocycles. The highest BCUT2D eigenvalue weighted by Gasteiger charge is 2.17. The summed E-state index contributed by atoms with van der Waals surface area (Å²) in [6.07, 6.45) is -2.78. The lowest BCUT2D eigenvalue weighted by molar-refractivity contribution is 0.116. The number of hydrogen-bond donors (Lipinski definition) is 0. The van der Waals surface area contributed by atoms with Gasteiger partial charge < -0.3 is 4.42 Å². The smallest absolute Gasteiger partial charge is 0.314 e. The Hall–Kier alpha value is -1.44.